The first kappa shape index (κ1) is 13.1. The van der Waals surface area contributed by atoms with Crippen LogP contribution < -0.4 is 5.32 Å². The summed E-state index contributed by atoms with van der Waals surface area (Å²) >= 11 is 0. The first-order valence-electron chi connectivity index (χ1n) is 6.58. The minimum absolute atomic E-state index is 0.263. The Labute approximate surface area is 108 Å². The number of carbonyl (C=O) groups excluding carboxylic acids is 1. The molecule has 2 rings (SSSR count). The van der Waals surface area contributed by atoms with Gasteiger partial charge in [-0.15, -0.1) is 0 Å². The minimum atomic E-state index is 0.263. The number of nitrogens with one attached hydrogen (secondary N) is 1. The van der Waals surface area contributed by atoms with Crippen LogP contribution in [0, 0.1) is 13.8 Å². The van der Waals surface area contributed by atoms with E-state index in [9.17, 15) is 4.79 Å². The van der Waals surface area contributed by atoms with Gasteiger partial charge in [0, 0.05) is 38.2 Å². The van der Waals surface area contributed by atoms with Crippen LogP contribution in [0.25, 0.3) is 0 Å². The lowest BCUT2D eigenvalue weighted by atomic mass is 10.2. The van der Waals surface area contributed by atoms with Crippen molar-refractivity contribution in [2.45, 2.75) is 39.7 Å². The van der Waals surface area contributed by atoms with Crippen LogP contribution in [0.1, 0.15) is 36.3 Å². The number of likely N-dealkylation sites (tertiary alicyclic amines) is 1. The van der Waals surface area contributed by atoms with E-state index < -0.39 is 0 Å². The molecule has 1 aliphatic rings. The van der Waals surface area contributed by atoms with Gasteiger partial charge < -0.3 is 14.7 Å². The molecule has 1 saturated heterocycles. The van der Waals surface area contributed by atoms with Gasteiger partial charge in [0.15, 0.2) is 0 Å². The molecule has 0 bridgehead atoms. The molecule has 1 aliphatic heterocycles. The molecule has 0 aromatic carbocycles. The second-order valence-corrected chi connectivity index (χ2v) is 4.82. The summed E-state index contributed by atoms with van der Waals surface area (Å²) in [7, 11) is 0. The van der Waals surface area contributed by atoms with E-state index >= 15 is 0 Å². The van der Waals surface area contributed by atoms with E-state index in [1.807, 2.05) is 18.7 Å². The molecule has 0 spiro atoms. The molecule has 100 valence electrons. The van der Waals surface area contributed by atoms with Crippen LogP contribution in [-0.4, -0.2) is 35.6 Å². The lowest BCUT2D eigenvalue weighted by molar-refractivity contribution is -0.130. The number of nitrogens with zero attached hydrogens (tertiary/aromatic N) is 2. The van der Waals surface area contributed by atoms with Crippen LogP contribution >= 0.6 is 0 Å². The van der Waals surface area contributed by atoms with Crippen molar-refractivity contribution in [2.24, 2.45) is 0 Å². The van der Waals surface area contributed by atoms with E-state index in [4.69, 9.17) is 4.52 Å². The lowest BCUT2D eigenvalue weighted by Gasteiger charge is -2.15. The second-order valence-electron chi connectivity index (χ2n) is 4.82. The molecule has 1 aromatic rings. The Morgan fingerprint density at radius 1 is 1.39 bits per heavy atom. The molecule has 0 atom stereocenters. The summed E-state index contributed by atoms with van der Waals surface area (Å²) in [6, 6.07) is 0. The van der Waals surface area contributed by atoms with Crippen molar-refractivity contribution in [1.82, 2.24) is 15.4 Å². The molecular weight excluding hydrogens is 230 g/mol. The summed E-state index contributed by atoms with van der Waals surface area (Å²) in [6.07, 6.45) is 2.87. The Hall–Kier alpha value is -1.36. The largest absolute Gasteiger partial charge is 0.361 e. The predicted molar refractivity (Wildman–Crippen MR) is 68.1 cm³/mol. The van der Waals surface area contributed by atoms with E-state index in [2.05, 4.69) is 10.5 Å². The van der Waals surface area contributed by atoms with Crippen LogP contribution in [0.15, 0.2) is 4.52 Å². The maximum absolute atomic E-state index is 11.8. The molecule has 1 N–H and O–H groups in total. The average Bonchev–Trinajstić information content (AvgIpc) is 2.97. The third kappa shape index (κ3) is 3.10. The summed E-state index contributed by atoms with van der Waals surface area (Å²) in [4.78, 5) is 13.8. The van der Waals surface area contributed by atoms with Crippen LogP contribution in [0.5, 0.6) is 0 Å². The summed E-state index contributed by atoms with van der Waals surface area (Å²) in [6.45, 7) is 7.13. The molecule has 5 nitrogen and oxygen atoms in total. The van der Waals surface area contributed by atoms with Gasteiger partial charge in [0.2, 0.25) is 5.91 Å². The van der Waals surface area contributed by atoms with Gasteiger partial charge >= 0.3 is 0 Å². The summed E-state index contributed by atoms with van der Waals surface area (Å²) in [5.41, 5.74) is 2.02. The minimum Gasteiger partial charge on any atom is -0.361 e. The van der Waals surface area contributed by atoms with Crippen LogP contribution in [0.4, 0.5) is 0 Å². The predicted octanol–water partition coefficient (Wildman–Crippen LogP) is 1.39. The highest BCUT2D eigenvalue weighted by Gasteiger charge is 2.17. The number of hydrogen-bond donors (Lipinski definition) is 1. The van der Waals surface area contributed by atoms with Gasteiger partial charge in [-0.1, -0.05) is 5.16 Å². The normalized spacial score (nSPS) is 15.3. The van der Waals surface area contributed by atoms with Gasteiger partial charge in [0.1, 0.15) is 5.76 Å². The fourth-order valence-corrected chi connectivity index (χ4v) is 2.29. The zero-order valence-corrected chi connectivity index (χ0v) is 11.2. The Balaban J connectivity index is 1.68. The van der Waals surface area contributed by atoms with Crippen LogP contribution in [-0.2, 0) is 11.3 Å². The Morgan fingerprint density at radius 2 is 2.11 bits per heavy atom. The van der Waals surface area contributed by atoms with Crippen molar-refractivity contribution in [3.8, 4) is 0 Å². The Kier molecular flexibility index (Phi) is 4.36. The summed E-state index contributed by atoms with van der Waals surface area (Å²) < 4.78 is 5.09. The quantitative estimate of drug-likeness (QED) is 0.804. The smallest absolute Gasteiger partial charge is 0.223 e. The molecule has 18 heavy (non-hydrogen) atoms. The highest BCUT2D eigenvalue weighted by atomic mass is 16.5. The van der Waals surface area contributed by atoms with E-state index in [1.165, 1.54) is 0 Å². The van der Waals surface area contributed by atoms with Crippen LogP contribution in [0.2, 0.25) is 0 Å². The molecule has 2 heterocycles. The van der Waals surface area contributed by atoms with E-state index in [0.717, 1.165) is 42.9 Å². The first-order chi connectivity index (χ1) is 8.68. The molecule has 0 unspecified atom stereocenters. The van der Waals surface area contributed by atoms with Gasteiger partial charge in [-0.05, 0) is 26.7 Å². The Bertz CT molecular complexity index is 389. The Morgan fingerprint density at radius 3 is 2.72 bits per heavy atom. The monoisotopic (exact) mass is 251 g/mol. The standard InChI is InChI=1S/C13H21N3O2/c1-10-12(11(2)18-15-10)9-14-6-5-13(17)16-7-3-4-8-16/h14H,3-9H2,1-2H3. The zero-order valence-electron chi connectivity index (χ0n) is 11.2. The van der Waals surface area contributed by atoms with E-state index in [1.54, 1.807) is 0 Å². The van der Waals surface area contributed by atoms with Crippen molar-refractivity contribution in [2.75, 3.05) is 19.6 Å². The third-order valence-corrected chi connectivity index (χ3v) is 3.46. The van der Waals surface area contributed by atoms with Crippen molar-refractivity contribution < 1.29 is 9.32 Å². The number of amides is 1. The van der Waals surface area contributed by atoms with Crippen molar-refractivity contribution in [3.63, 3.8) is 0 Å². The van der Waals surface area contributed by atoms with Gasteiger partial charge in [-0.3, -0.25) is 4.79 Å². The summed E-state index contributed by atoms with van der Waals surface area (Å²) in [5, 5.41) is 7.18. The highest BCUT2D eigenvalue weighted by molar-refractivity contribution is 5.76. The maximum atomic E-state index is 11.8. The van der Waals surface area contributed by atoms with Gasteiger partial charge in [0.25, 0.3) is 0 Å². The molecule has 1 aromatic heterocycles. The van der Waals surface area contributed by atoms with Gasteiger partial charge in [-0.2, -0.15) is 0 Å². The number of rotatable bonds is 5. The van der Waals surface area contributed by atoms with Crippen molar-refractivity contribution in [1.29, 1.82) is 0 Å². The third-order valence-electron chi connectivity index (χ3n) is 3.46. The summed E-state index contributed by atoms with van der Waals surface area (Å²) in [5.74, 6) is 1.12. The lowest BCUT2D eigenvalue weighted by Crippen LogP contribution is -2.30. The van der Waals surface area contributed by atoms with Crippen molar-refractivity contribution in [3.05, 3.63) is 17.0 Å². The number of carbonyl (C=O) groups is 1. The zero-order chi connectivity index (χ0) is 13.0. The van der Waals surface area contributed by atoms with Crippen LogP contribution in [0.3, 0.4) is 0 Å². The SMILES string of the molecule is Cc1noc(C)c1CNCCC(=O)N1CCCC1. The average molecular weight is 251 g/mol. The molecule has 5 heteroatoms. The van der Waals surface area contributed by atoms with Gasteiger partial charge in [-0.25, -0.2) is 0 Å². The van der Waals surface area contributed by atoms with Crippen molar-refractivity contribution >= 4 is 5.91 Å². The molecule has 1 fully saturated rings. The molecule has 0 saturated carbocycles. The maximum Gasteiger partial charge on any atom is 0.223 e. The molecular formula is C13H21N3O2. The fraction of sp³-hybridized carbons (Fsp3) is 0.692. The highest BCUT2D eigenvalue weighted by Crippen LogP contribution is 2.11. The molecule has 0 radical (unpaired) electrons. The topological polar surface area (TPSA) is 58.4 Å². The first-order valence-corrected chi connectivity index (χ1v) is 6.58. The fourth-order valence-electron chi connectivity index (χ4n) is 2.29. The second kappa shape index (κ2) is 6.00. The number of hydrogen-bond acceptors (Lipinski definition) is 4. The van der Waals surface area contributed by atoms with E-state index in [0.29, 0.717) is 19.5 Å². The molecule has 1 amide bonds. The molecule has 0 aliphatic carbocycles. The number of aryl methyl sites for hydroxylation is 2. The number of aromatic nitrogens is 1. The van der Waals surface area contributed by atoms with E-state index in [-0.39, 0.29) is 5.91 Å². The van der Waals surface area contributed by atoms with Gasteiger partial charge in [0.05, 0.1) is 5.69 Å².